The van der Waals surface area contributed by atoms with Gasteiger partial charge in [-0.25, -0.2) is 4.98 Å². The first-order valence-electron chi connectivity index (χ1n) is 23.4. The third-order valence-electron chi connectivity index (χ3n) is 13.2. The van der Waals surface area contributed by atoms with Crippen molar-refractivity contribution in [3.05, 3.63) is 198 Å². The number of fused-ring (bicyclic) bond motifs is 4. The Labute approximate surface area is 417 Å². The second kappa shape index (κ2) is 17.6. The molecule has 7 aromatic carbocycles. The zero-order chi connectivity index (χ0) is 47.0. The molecule has 5 nitrogen and oxygen atoms in total. The van der Waals surface area contributed by atoms with Crippen molar-refractivity contribution in [1.29, 1.82) is 0 Å². The Morgan fingerprint density at radius 2 is 1.19 bits per heavy atom. The van der Waals surface area contributed by atoms with E-state index in [1.54, 1.807) is 0 Å². The van der Waals surface area contributed by atoms with E-state index < -0.39 is 0 Å². The van der Waals surface area contributed by atoms with E-state index in [0.717, 1.165) is 55.9 Å². The van der Waals surface area contributed by atoms with Gasteiger partial charge in [0.05, 0.1) is 0 Å². The Balaban J connectivity index is 0.00000578. The molecule has 1 aliphatic rings. The van der Waals surface area contributed by atoms with Gasteiger partial charge in [-0.05, 0) is 128 Å². The molecule has 0 saturated carbocycles. The minimum absolute atomic E-state index is 0. The first kappa shape index (κ1) is 46.7. The molecule has 0 N–H and O–H groups in total. The molecule has 346 valence electrons. The monoisotopic (exact) mass is 1070 g/mol. The van der Waals surface area contributed by atoms with Crippen molar-refractivity contribution in [3.63, 3.8) is 0 Å². The number of aryl methyl sites for hydroxylation is 2. The van der Waals surface area contributed by atoms with Crippen LogP contribution in [0.3, 0.4) is 0 Å². The van der Waals surface area contributed by atoms with Crippen LogP contribution in [-0.4, -0.2) is 9.55 Å². The summed E-state index contributed by atoms with van der Waals surface area (Å²) in [7, 11) is 0. The molecule has 0 spiro atoms. The molecule has 68 heavy (non-hydrogen) atoms. The molecule has 9 aromatic rings. The summed E-state index contributed by atoms with van der Waals surface area (Å²) >= 11 is 0. The van der Waals surface area contributed by atoms with Gasteiger partial charge in [0, 0.05) is 61.3 Å². The number of ether oxygens (including phenoxy) is 1. The zero-order valence-electron chi connectivity index (χ0n) is 41.0. The molecule has 0 atom stereocenters. The summed E-state index contributed by atoms with van der Waals surface area (Å²) in [4.78, 5) is 9.54. The first-order valence-corrected chi connectivity index (χ1v) is 23.4. The topological polar surface area (TPSA) is 33.5 Å². The summed E-state index contributed by atoms with van der Waals surface area (Å²) in [5, 5.41) is 2.22. The number of rotatable bonds is 7. The van der Waals surface area contributed by atoms with Crippen LogP contribution in [0.2, 0.25) is 0 Å². The van der Waals surface area contributed by atoms with Gasteiger partial charge in [-0.15, -0.1) is 48.1 Å². The number of hydrogen-bond donors (Lipinski definition) is 0. The molecule has 0 saturated heterocycles. The molecule has 0 fully saturated rings. The fourth-order valence-electron chi connectivity index (χ4n) is 9.48. The zero-order valence-corrected chi connectivity index (χ0v) is 43.3. The molecule has 10 rings (SSSR count). The third kappa shape index (κ3) is 8.78. The molecule has 0 radical (unpaired) electrons. The van der Waals surface area contributed by atoms with Crippen LogP contribution in [0.4, 0.5) is 22.7 Å². The van der Waals surface area contributed by atoms with Crippen molar-refractivity contribution < 1.29 is 25.8 Å². The predicted octanol–water partition coefficient (Wildman–Crippen LogP) is 16.8. The van der Waals surface area contributed by atoms with E-state index in [-0.39, 0.29) is 37.3 Å². The normalized spacial score (nSPS) is 13.0. The molecule has 2 aromatic heterocycles. The fraction of sp³-hybridized carbons (Fsp3) is 0.226. The number of benzene rings is 7. The molecule has 0 bridgehead atoms. The van der Waals surface area contributed by atoms with Crippen molar-refractivity contribution in [1.82, 2.24) is 9.55 Å². The van der Waals surface area contributed by atoms with Gasteiger partial charge >= 0.3 is 0 Å². The van der Waals surface area contributed by atoms with Crippen LogP contribution in [0.1, 0.15) is 90.1 Å². The van der Waals surface area contributed by atoms with E-state index in [9.17, 15) is 0 Å². The van der Waals surface area contributed by atoms with Crippen LogP contribution in [0.25, 0.3) is 49.9 Å². The van der Waals surface area contributed by atoms with Crippen LogP contribution in [0.15, 0.2) is 152 Å². The van der Waals surface area contributed by atoms with Crippen molar-refractivity contribution in [2.45, 2.75) is 92.4 Å². The number of pyridine rings is 1. The van der Waals surface area contributed by atoms with Gasteiger partial charge in [0.25, 0.3) is 0 Å². The smallest absolute Gasteiger partial charge is 0.136 e. The largest absolute Gasteiger partial charge is 0.509 e. The van der Waals surface area contributed by atoms with Crippen molar-refractivity contribution >= 4 is 44.6 Å². The number of anilines is 4. The van der Waals surface area contributed by atoms with Gasteiger partial charge in [0.2, 0.25) is 0 Å². The summed E-state index contributed by atoms with van der Waals surface area (Å²) in [5.74, 6) is 2.03. The van der Waals surface area contributed by atoms with E-state index >= 15 is 0 Å². The number of para-hydroxylation sites is 1. The predicted molar refractivity (Wildman–Crippen MR) is 281 cm³/mol. The number of nitrogens with zero attached hydrogens (tertiary/aromatic N) is 4. The van der Waals surface area contributed by atoms with Crippen LogP contribution in [0, 0.1) is 32.6 Å². The Bertz CT molecular complexity index is 3320. The maximum absolute atomic E-state index is 6.73. The van der Waals surface area contributed by atoms with Crippen LogP contribution >= 0.6 is 0 Å². The van der Waals surface area contributed by atoms with Gasteiger partial charge in [-0.2, -0.15) is 12.1 Å². The Morgan fingerprint density at radius 1 is 0.515 bits per heavy atom. The van der Waals surface area contributed by atoms with E-state index in [1.807, 2.05) is 24.4 Å². The molecular formula is C62H59N4OPt-3. The molecule has 1 aliphatic heterocycles. The van der Waals surface area contributed by atoms with Crippen LogP contribution in [0.5, 0.6) is 11.5 Å². The summed E-state index contributed by atoms with van der Waals surface area (Å²) in [5.41, 5.74) is 17.3. The maximum atomic E-state index is 6.73. The third-order valence-corrected chi connectivity index (χ3v) is 13.2. The molecule has 0 aliphatic carbocycles. The average Bonchev–Trinajstić information content (AvgIpc) is 3.84. The van der Waals surface area contributed by atoms with E-state index in [2.05, 4.69) is 237 Å². The van der Waals surface area contributed by atoms with E-state index in [0.29, 0.717) is 11.5 Å². The van der Waals surface area contributed by atoms with Gasteiger partial charge in [-0.1, -0.05) is 141 Å². The SMILES string of the molecule is Cc1cc(C(C)(C)C)cc(C)c1-c1ccnc(-n2c3[c-]c(Oc4[c-]c(N5[CH-]N(c6cc(-c7ccccc7)cc(C(C)(C)C)c6)c6ccc(C(C)(C)C)cc65)ccc4)ccc3c3ccccc32)c1.[Pt]. The second-order valence-electron chi connectivity index (χ2n) is 21.3. The van der Waals surface area contributed by atoms with E-state index in [1.165, 1.54) is 44.5 Å². The van der Waals surface area contributed by atoms with Crippen LogP contribution in [-0.2, 0) is 37.3 Å². The fourth-order valence-corrected chi connectivity index (χ4v) is 9.48. The standard InChI is InChI=1S/C62H59N4O.Pt/c1-40-30-46(61(6,7)8)31-41(2)59(40)43-28-29-63-58(34-43)66-54-23-16-15-22-52(54)53-26-25-51(38-56(53)66)67-50-21-17-20-48(37-50)64-39-65(55-27-24-45(36-57(55)64)60(3,4)5)49-33-44(42-18-13-12-14-19-42)32-47(35-49)62(9,10)11;/h12-36,39H,1-11H3;/q-3;. The van der Waals surface area contributed by atoms with Crippen LogP contribution < -0.4 is 14.5 Å². The average molecular weight is 1070 g/mol. The first-order chi connectivity index (χ1) is 31.9. The Kier molecular flexibility index (Phi) is 12.1. The number of hydrogen-bond acceptors (Lipinski definition) is 4. The van der Waals surface area contributed by atoms with Gasteiger partial charge in [0.15, 0.2) is 0 Å². The summed E-state index contributed by atoms with van der Waals surface area (Å²) < 4.78 is 8.95. The Hall–Kier alpha value is -6.42. The van der Waals surface area contributed by atoms with Gasteiger partial charge in [0.1, 0.15) is 5.82 Å². The maximum Gasteiger partial charge on any atom is 0.136 e. The number of aromatic nitrogens is 2. The second-order valence-corrected chi connectivity index (χ2v) is 21.3. The van der Waals surface area contributed by atoms with Crippen molar-refractivity contribution in [2.75, 3.05) is 9.80 Å². The minimum atomic E-state index is -0.0521. The summed E-state index contributed by atoms with van der Waals surface area (Å²) in [6, 6.07) is 59.6. The molecule has 3 heterocycles. The molecular weight excluding hydrogens is 1010 g/mol. The quantitative estimate of drug-likeness (QED) is 0.149. The molecule has 0 unspecified atom stereocenters. The minimum Gasteiger partial charge on any atom is -0.509 e. The van der Waals surface area contributed by atoms with Crippen molar-refractivity contribution in [2.24, 2.45) is 0 Å². The molecule has 6 heteroatoms. The summed E-state index contributed by atoms with van der Waals surface area (Å²) in [6.45, 7) is 27.1. The molecule has 0 amide bonds. The van der Waals surface area contributed by atoms with Crippen molar-refractivity contribution in [3.8, 4) is 39.6 Å². The van der Waals surface area contributed by atoms with Gasteiger partial charge in [-0.3, -0.25) is 0 Å². The van der Waals surface area contributed by atoms with E-state index in [4.69, 9.17) is 9.72 Å². The Morgan fingerprint density at radius 3 is 1.91 bits per heavy atom. The summed E-state index contributed by atoms with van der Waals surface area (Å²) in [6.07, 6.45) is 1.92. The van der Waals surface area contributed by atoms with Gasteiger partial charge < -0.3 is 19.1 Å².